The Hall–Kier alpha value is -0.970. The number of fused-ring (bicyclic) bond motifs is 4. The first-order valence-corrected chi connectivity index (χ1v) is 18.1. The predicted molar refractivity (Wildman–Crippen MR) is 171 cm³/mol. The van der Waals surface area contributed by atoms with Crippen LogP contribution in [-0.4, -0.2) is 92.2 Å². The highest BCUT2D eigenvalue weighted by molar-refractivity contribution is 5.67. The van der Waals surface area contributed by atoms with E-state index in [1.54, 1.807) is 14.1 Å². The summed E-state index contributed by atoms with van der Waals surface area (Å²) < 4.78 is 25.5. The lowest BCUT2D eigenvalue weighted by atomic mass is 9.43. The number of morpholine rings is 1. The summed E-state index contributed by atoms with van der Waals surface area (Å²) >= 11 is 0. The molecule has 9 nitrogen and oxygen atoms in total. The number of nitrogens with two attached hydrogens (primary N) is 1. The summed E-state index contributed by atoms with van der Waals surface area (Å²) in [7, 11) is 3.42. The maximum absolute atomic E-state index is 12.6. The number of hydrogen-bond donors (Lipinski definition) is 3. The lowest BCUT2D eigenvalue weighted by Crippen LogP contribution is -2.70. The molecule has 0 aromatic carbocycles. The van der Waals surface area contributed by atoms with Crippen LogP contribution in [-0.2, 0) is 18.9 Å². The van der Waals surface area contributed by atoms with Crippen molar-refractivity contribution in [3.8, 4) is 0 Å². The van der Waals surface area contributed by atoms with Crippen molar-refractivity contribution in [3.63, 3.8) is 0 Å². The van der Waals surface area contributed by atoms with Gasteiger partial charge in [-0.25, -0.2) is 4.79 Å². The van der Waals surface area contributed by atoms with Crippen LogP contribution in [0.4, 0.5) is 4.79 Å². The second-order valence-electron chi connectivity index (χ2n) is 17.8. The molecule has 4 N–H and O–H groups in total. The van der Waals surface area contributed by atoms with Crippen molar-refractivity contribution in [2.45, 2.75) is 135 Å². The van der Waals surface area contributed by atoms with Gasteiger partial charge in [0.2, 0.25) is 0 Å². The average Bonchev–Trinajstić information content (AvgIpc) is 3.62. The molecule has 0 aromatic heterocycles. The monoisotopic (exact) mass is 631 g/mol. The first kappa shape index (κ1) is 32.6. The van der Waals surface area contributed by atoms with Crippen LogP contribution in [0.1, 0.15) is 92.9 Å². The predicted octanol–water partition coefficient (Wildman–Crippen LogP) is 4.54. The number of rotatable bonds is 5. The number of ether oxygens (including phenoxy) is 4. The minimum Gasteiger partial charge on any atom is -0.443 e. The van der Waals surface area contributed by atoms with Gasteiger partial charge in [0, 0.05) is 27.2 Å². The van der Waals surface area contributed by atoms with E-state index in [1.165, 1.54) is 24.2 Å². The molecular formula is C36H61N3O6. The van der Waals surface area contributed by atoms with Gasteiger partial charge in [0.25, 0.3) is 0 Å². The summed E-state index contributed by atoms with van der Waals surface area (Å²) in [6.07, 6.45) is 6.67. The normalized spacial score (nSPS) is 52.0. The summed E-state index contributed by atoms with van der Waals surface area (Å²) in [5, 5.41) is 15.9. The summed E-state index contributed by atoms with van der Waals surface area (Å²) in [6.45, 7) is 16.1. The van der Waals surface area contributed by atoms with Gasteiger partial charge in [-0.3, -0.25) is 0 Å². The number of carbonyl (C=O) groups excluding carboxylic acids is 1. The lowest BCUT2D eigenvalue weighted by molar-refractivity contribution is -0.233. The first-order valence-electron chi connectivity index (χ1n) is 18.1. The summed E-state index contributed by atoms with van der Waals surface area (Å²) in [5.41, 5.74) is 7.42. The maximum atomic E-state index is 12.6. The van der Waals surface area contributed by atoms with Gasteiger partial charge in [-0.1, -0.05) is 41.5 Å². The largest absolute Gasteiger partial charge is 0.443 e. The van der Waals surface area contributed by atoms with Gasteiger partial charge in [-0.05, 0) is 103 Å². The SMILES string of the molecule is CC(C)[C@@H](OC(=O)N(C)C)C1C[C@@H](C)[C@H]2C(O1)[C@H](O)[C@@]1(N)C3CC[C@H]4C(C)(C)[C@@H](O[C@H]5CNCCO5)CCC45CC35CC[C@]21C. The van der Waals surface area contributed by atoms with E-state index in [4.69, 9.17) is 24.7 Å². The molecular weight excluding hydrogens is 570 g/mol. The van der Waals surface area contributed by atoms with Crippen LogP contribution < -0.4 is 11.1 Å². The Balaban J connectivity index is 1.14. The van der Waals surface area contributed by atoms with E-state index < -0.39 is 11.6 Å². The Morgan fingerprint density at radius 2 is 1.78 bits per heavy atom. The molecule has 0 bridgehead atoms. The standard InChI is InChI=1S/C36H61N3O6/c1-20(2)28(45-31(41)39(7)8)22-17-21(3)27-29(43-22)30(40)36(37)24-10-9-23-32(4,5)25(44-26-18-38-15-16-42-26)11-12-34(23)19-35(24,34)14-13-33(27,36)6/h20-30,38,40H,9-19,37H2,1-8H3/t21-,22?,23+,24?,25+,26+,27+,28-,29?,30+,33-,34?,35?,36+/m1/s1. The Morgan fingerprint density at radius 1 is 1.07 bits per heavy atom. The Morgan fingerprint density at radius 3 is 2.44 bits per heavy atom. The van der Waals surface area contributed by atoms with Crippen LogP contribution in [0.2, 0.25) is 0 Å². The van der Waals surface area contributed by atoms with Crippen LogP contribution in [0.25, 0.3) is 0 Å². The highest BCUT2D eigenvalue weighted by atomic mass is 16.7. The van der Waals surface area contributed by atoms with Gasteiger partial charge >= 0.3 is 6.09 Å². The zero-order valence-electron chi connectivity index (χ0n) is 29.1. The topological polar surface area (TPSA) is 116 Å². The Labute approximate surface area is 271 Å². The van der Waals surface area contributed by atoms with Crippen LogP contribution in [0.15, 0.2) is 0 Å². The van der Waals surface area contributed by atoms with Crippen molar-refractivity contribution >= 4 is 6.09 Å². The molecule has 5 unspecified atom stereocenters. The lowest BCUT2D eigenvalue weighted by Gasteiger charge is -2.63. The fraction of sp³-hybridized carbons (Fsp3) is 0.972. The summed E-state index contributed by atoms with van der Waals surface area (Å²) in [6, 6.07) is 0. The van der Waals surface area contributed by atoms with Crippen LogP contribution in [0, 0.1) is 51.2 Å². The second kappa shape index (κ2) is 10.8. The average molecular weight is 632 g/mol. The van der Waals surface area contributed by atoms with Gasteiger partial charge in [-0.15, -0.1) is 0 Å². The first-order chi connectivity index (χ1) is 21.1. The quantitative estimate of drug-likeness (QED) is 0.405. The zero-order chi connectivity index (χ0) is 32.3. The van der Waals surface area contributed by atoms with E-state index in [1.807, 2.05) is 0 Å². The van der Waals surface area contributed by atoms with E-state index in [2.05, 4.69) is 46.9 Å². The van der Waals surface area contributed by atoms with Crippen LogP contribution in [0.3, 0.4) is 0 Å². The fourth-order valence-electron chi connectivity index (χ4n) is 13.1. The van der Waals surface area contributed by atoms with E-state index in [0.29, 0.717) is 18.4 Å². The van der Waals surface area contributed by atoms with Crippen molar-refractivity contribution in [2.24, 2.45) is 57.0 Å². The van der Waals surface area contributed by atoms with Crippen molar-refractivity contribution in [1.82, 2.24) is 10.2 Å². The van der Waals surface area contributed by atoms with E-state index in [0.717, 1.165) is 45.2 Å². The van der Waals surface area contributed by atoms with Gasteiger partial charge in [0.15, 0.2) is 6.29 Å². The number of nitrogens with one attached hydrogen (secondary N) is 1. The van der Waals surface area contributed by atoms with Crippen molar-refractivity contribution < 1.29 is 28.8 Å². The molecule has 0 aromatic rings. The van der Waals surface area contributed by atoms with Gasteiger partial charge in [0.1, 0.15) is 6.10 Å². The molecule has 2 heterocycles. The number of aliphatic hydroxyl groups is 1. The van der Waals surface area contributed by atoms with E-state index in [9.17, 15) is 9.90 Å². The molecule has 5 saturated carbocycles. The molecule has 9 heteroatoms. The van der Waals surface area contributed by atoms with Crippen molar-refractivity contribution in [2.75, 3.05) is 33.8 Å². The second-order valence-corrected chi connectivity index (χ2v) is 17.8. The van der Waals surface area contributed by atoms with Gasteiger partial charge in [0.05, 0.1) is 36.6 Å². The molecule has 2 aliphatic heterocycles. The third-order valence-electron chi connectivity index (χ3n) is 15.1. The Bertz CT molecular complexity index is 1160. The van der Waals surface area contributed by atoms with E-state index in [-0.39, 0.29) is 76.2 Å². The Kier molecular flexibility index (Phi) is 7.79. The highest BCUT2D eigenvalue weighted by Crippen LogP contribution is 2.87. The molecule has 7 fully saturated rings. The minimum absolute atomic E-state index is 0.0546. The minimum atomic E-state index is -0.741. The molecule has 5 aliphatic carbocycles. The molecule has 7 rings (SSSR count). The molecule has 1 amide bonds. The fourth-order valence-corrected chi connectivity index (χ4v) is 13.1. The van der Waals surface area contributed by atoms with Gasteiger partial charge in [-0.2, -0.15) is 0 Å². The molecule has 2 spiro atoms. The zero-order valence-corrected chi connectivity index (χ0v) is 29.1. The molecule has 0 radical (unpaired) electrons. The number of nitrogens with zero attached hydrogens (tertiary/aromatic N) is 1. The molecule has 256 valence electrons. The number of aliphatic hydroxyl groups excluding tert-OH is 1. The maximum Gasteiger partial charge on any atom is 0.409 e. The smallest absolute Gasteiger partial charge is 0.409 e. The van der Waals surface area contributed by atoms with Gasteiger partial charge < -0.3 is 40.0 Å². The number of amides is 1. The van der Waals surface area contributed by atoms with E-state index >= 15 is 0 Å². The molecule has 7 aliphatic rings. The molecule has 45 heavy (non-hydrogen) atoms. The van der Waals surface area contributed by atoms with Crippen molar-refractivity contribution in [3.05, 3.63) is 0 Å². The summed E-state index contributed by atoms with van der Waals surface area (Å²) in [5.74, 6) is 1.45. The van der Waals surface area contributed by atoms with Crippen molar-refractivity contribution in [1.29, 1.82) is 0 Å². The molecule has 14 atom stereocenters. The third-order valence-corrected chi connectivity index (χ3v) is 15.1. The number of hydrogen-bond acceptors (Lipinski definition) is 8. The van der Waals surface area contributed by atoms with Crippen LogP contribution in [0.5, 0.6) is 0 Å². The third kappa shape index (κ3) is 4.35. The van der Waals surface area contributed by atoms with Crippen LogP contribution >= 0.6 is 0 Å². The molecule has 2 saturated heterocycles. The summed E-state index contributed by atoms with van der Waals surface area (Å²) in [4.78, 5) is 14.1. The highest BCUT2D eigenvalue weighted by Gasteiger charge is 2.85. The number of carbonyl (C=O) groups is 1.